The van der Waals surface area contributed by atoms with Crippen molar-refractivity contribution in [2.24, 2.45) is 5.92 Å². The van der Waals surface area contributed by atoms with E-state index in [0.717, 1.165) is 29.9 Å². The number of rotatable bonds is 6. The molecule has 1 aliphatic heterocycles. The zero-order valence-electron chi connectivity index (χ0n) is 14.5. The van der Waals surface area contributed by atoms with Crippen molar-refractivity contribution in [3.8, 4) is 0 Å². The van der Waals surface area contributed by atoms with E-state index in [9.17, 15) is 28.0 Å². The Morgan fingerprint density at radius 3 is 2.56 bits per heavy atom. The van der Waals surface area contributed by atoms with Gasteiger partial charge in [0.15, 0.2) is 11.6 Å². The molecule has 2 aliphatic rings. The van der Waals surface area contributed by atoms with Gasteiger partial charge in [-0.1, -0.05) is 0 Å². The monoisotopic (exact) mass is 380 g/mol. The third-order valence-corrected chi connectivity index (χ3v) is 4.65. The number of nitrogens with zero attached hydrogens (tertiary/aromatic N) is 1. The van der Waals surface area contributed by atoms with Gasteiger partial charge in [-0.3, -0.25) is 19.3 Å². The Morgan fingerprint density at radius 2 is 1.93 bits per heavy atom. The van der Waals surface area contributed by atoms with Gasteiger partial charge < -0.3 is 16.0 Å². The van der Waals surface area contributed by atoms with Crippen molar-refractivity contribution in [2.45, 2.75) is 25.3 Å². The molecule has 1 saturated heterocycles. The molecule has 1 aromatic carbocycles. The van der Waals surface area contributed by atoms with E-state index in [4.69, 9.17) is 0 Å². The molecule has 27 heavy (non-hydrogen) atoms. The average molecular weight is 380 g/mol. The Kier molecular flexibility index (Phi) is 4.81. The number of nitrogens with one attached hydrogen (secondary N) is 3. The second-order valence-corrected chi connectivity index (χ2v) is 6.75. The average Bonchev–Trinajstić information content (AvgIpc) is 3.43. The van der Waals surface area contributed by atoms with Crippen molar-refractivity contribution in [1.29, 1.82) is 0 Å². The Morgan fingerprint density at radius 1 is 1.22 bits per heavy atom. The Hall–Kier alpha value is -3.04. The molecule has 1 aromatic rings. The van der Waals surface area contributed by atoms with Crippen LogP contribution in [0, 0.1) is 17.6 Å². The molecule has 1 atom stereocenters. The quantitative estimate of drug-likeness (QED) is 0.633. The molecule has 144 valence electrons. The summed E-state index contributed by atoms with van der Waals surface area (Å²) >= 11 is 0. The van der Waals surface area contributed by atoms with Crippen molar-refractivity contribution in [3.63, 3.8) is 0 Å². The lowest BCUT2D eigenvalue weighted by Gasteiger charge is -2.20. The fraction of sp³-hybridized carbons (Fsp3) is 0.412. The highest BCUT2D eigenvalue weighted by Gasteiger charge is 2.56. The lowest BCUT2D eigenvalue weighted by Crippen LogP contribution is -2.47. The van der Waals surface area contributed by atoms with E-state index in [1.807, 2.05) is 0 Å². The maximum atomic E-state index is 13.1. The molecule has 0 spiro atoms. The summed E-state index contributed by atoms with van der Waals surface area (Å²) in [4.78, 5) is 49.0. The molecule has 1 saturated carbocycles. The molecular formula is C17H18F2N4O4. The van der Waals surface area contributed by atoms with Crippen LogP contribution in [0.4, 0.5) is 19.3 Å². The van der Waals surface area contributed by atoms with E-state index in [1.54, 1.807) is 6.92 Å². The minimum atomic E-state index is -1.12. The van der Waals surface area contributed by atoms with Gasteiger partial charge in [0, 0.05) is 11.8 Å². The molecule has 5 amide bonds. The fourth-order valence-corrected chi connectivity index (χ4v) is 2.95. The van der Waals surface area contributed by atoms with Crippen molar-refractivity contribution < 1.29 is 28.0 Å². The first kappa shape index (κ1) is 18.7. The molecule has 8 nitrogen and oxygen atoms in total. The predicted octanol–water partition coefficient (Wildman–Crippen LogP) is 0.740. The summed E-state index contributed by atoms with van der Waals surface area (Å²) in [5.41, 5.74) is -0.955. The van der Waals surface area contributed by atoms with Gasteiger partial charge in [-0.05, 0) is 37.8 Å². The number of hydrogen-bond donors (Lipinski definition) is 3. The predicted molar refractivity (Wildman–Crippen MR) is 89.4 cm³/mol. The molecule has 0 radical (unpaired) electrons. The summed E-state index contributed by atoms with van der Waals surface area (Å²) < 4.78 is 25.9. The summed E-state index contributed by atoms with van der Waals surface area (Å²) in [6, 6.07) is 2.19. The Labute approximate surface area is 153 Å². The summed E-state index contributed by atoms with van der Waals surface area (Å²) in [6.45, 7) is 0.672. The van der Waals surface area contributed by atoms with Crippen LogP contribution in [0.3, 0.4) is 0 Å². The highest BCUT2D eigenvalue weighted by Crippen LogP contribution is 2.42. The van der Waals surface area contributed by atoms with Gasteiger partial charge in [0.05, 0.1) is 6.54 Å². The van der Waals surface area contributed by atoms with E-state index in [0.29, 0.717) is 0 Å². The molecule has 2 fully saturated rings. The number of imide groups is 1. The SMILES string of the molecule is C[C@@]1(C2CC2)NC(=O)N(CC(=O)NCC(=O)Nc2ccc(F)c(F)c2)C1=O. The number of benzene rings is 1. The number of anilines is 1. The third kappa shape index (κ3) is 3.88. The summed E-state index contributed by atoms with van der Waals surface area (Å²) in [7, 11) is 0. The van der Waals surface area contributed by atoms with Crippen molar-refractivity contribution in [1.82, 2.24) is 15.5 Å². The Balaban J connectivity index is 1.49. The Bertz CT molecular complexity index is 827. The minimum absolute atomic E-state index is 0.0300. The largest absolute Gasteiger partial charge is 0.345 e. The van der Waals surface area contributed by atoms with Gasteiger partial charge in [0.25, 0.3) is 5.91 Å². The molecule has 3 rings (SSSR count). The van der Waals surface area contributed by atoms with E-state index in [2.05, 4.69) is 16.0 Å². The number of carbonyl (C=O) groups excluding carboxylic acids is 4. The zero-order valence-corrected chi connectivity index (χ0v) is 14.5. The van der Waals surface area contributed by atoms with Crippen LogP contribution < -0.4 is 16.0 Å². The number of halogens is 2. The first-order valence-electron chi connectivity index (χ1n) is 8.36. The van der Waals surface area contributed by atoms with Crippen LogP contribution in [0.15, 0.2) is 18.2 Å². The topological polar surface area (TPSA) is 108 Å². The van der Waals surface area contributed by atoms with E-state index < -0.39 is 54.0 Å². The lowest BCUT2D eigenvalue weighted by molar-refractivity contribution is -0.135. The first-order valence-corrected chi connectivity index (χ1v) is 8.36. The molecule has 0 bridgehead atoms. The van der Waals surface area contributed by atoms with Gasteiger partial charge in [0.2, 0.25) is 11.8 Å². The van der Waals surface area contributed by atoms with Crippen LogP contribution >= 0.6 is 0 Å². The second kappa shape index (κ2) is 6.93. The molecule has 0 aromatic heterocycles. The molecule has 1 aliphatic carbocycles. The molecule has 10 heteroatoms. The molecule has 0 unspecified atom stereocenters. The first-order chi connectivity index (χ1) is 12.7. The van der Waals surface area contributed by atoms with Crippen LogP contribution in [0.5, 0.6) is 0 Å². The number of carbonyl (C=O) groups is 4. The van der Waals surface area contributed by atoms with Crippen molar-refractivity contribution in [2.75, 3.05) is 18.4 Å². The highest BCUT2D eigenvalue weighted by atomic mass is 19.2. The minimum Gasteiger partial charge on any atom is -0.345 e. The highest BCUT2D eigenvalue weighted by molar-refractivity contribution is 6.09. The number of hydrogen-bond acceptors (Lipinski definition) is 4. The van der Waals surface area contributed by atoms with Gasteiger partial charge >= 0.3 is 6.03 Å². The van der Waals surface area contributed by atoms with Gasteiger partial charge in [0.1, 0.15) is 12.1 Å². The van der Waals surface area contributed by atoms with Crippen molar-refractivity contribution >= 4 is 29.4 Å². The summed E-state index contributed by atoms with van der Waals surface area (Å²) in [6.07, 6.45) is 1.68. The van der Waals surface area contributed by atoms with E-state index in [1.165, 1.54) is 6.07 Å². The van der Waals surface area contributed by atoms with Crippen molar-refractivity contribution in [3.05, 3.63) is 29.8 Å². The molecular weight excluding hydrogens is 362 g/mol. The van der Waals surface area contributed by atoms with Gasteiger partial charge in [-0.2, -0.15) is 0 Å². The standard InChI is InChI=1S/C17H18F2N4O4/c1-17(9-2-3-9)15(26)23(16(27)22-17)8-14(25)20-7-13(24)21-10-4-5-11(18)12(19)6-10/h4-6,9H,2-3,7-8H2,1H3,(H,20,25)(H,21,24)(H,22,27)/t17-/m0/s1. The normalized spacial score (nSPS) is 21.8. The van der Waals surface area contributed by atoms with Crippen LogP contribution in [0.2, 0.25) is 0 Å². The third-order valence-electron chi connectivity index (χ3n) is 4.65. The lowest BCUT2D eigenvalue weighted by atomic mass is 9.96. The zero-order chi connectivity index (χ0) is 19.8. The van der Waals surface area contributed by atoms with E-state index >= 15 is 0 Å². The van der Waals surface area contributed by atoms with Gasteiger partial charge in [-0.15, -0.1) is 0 Å². The van der Waals surface area contributed by atoms with Crippen LogP contribution in [-0.4, -0.2) is 47.3 Å². The van der Waals surface area contributed by atoms with Crippen LogP contribution in [-0.2, 0) is 14.4 Å². The number of urea groups is 1. The van der Waals surface area contributed by atoms with Crippen LogP contribution in [0.25, 0.3) is 0 Å². The van der Waals surface area contributed by atoms with E-state index in [-0.39, 0.29) is 11.6 Å². The smallest absolute Gasteiger partial charge is 0.325 e. The van der Waals surface area contributed by atoms with Crippen LogP contribution in [0.1, 0.15) is 19.8 Å². The van der Waals surface area contributed by atoms with Gasteiger partial charge in [-0.25, -0.2) is 13.6 Å². The second-order valence-electron chi connectivity index (χ2n) is 6.75. The fourth-order valence-electron chi connectivity index (χ4n) is 2.95. The maximum Gasteiger partial charge on any atom is 0.325 e. The number of amides is 5. The summed E-state index contributed by atoms with van der Waals surface area (Å²) in [5, 5.41) is 7.19. The maximum absolute atomic E-state index is 13.1. The molecule has 1 heterocycles. The summed E-state index contributed by atoms with van der Waals surface area (Å²) in [5.74, 6) is -3.92. The molecule has 3 N–H and O–H groups in total.